The van der Waals surface area contributed by atoms with E-state index in [4.69, 9.17) is 0 Å². The highest BCUT2D eigenvalue weighted by atomic mass is 16.4. The zero-order valence-electron chi connectivity index (χ0n) is 15.2. The molecule has 6 nitrogen and oxygen atoms in total. The van der Waals surface area contributed by atoms with E-state index in [1.165, 1.54) is 38.0 Å². The summed E-state index contributed by atoms with van der Waals surface area (Å²) in [6.07, 6.45) is 7.46. The minimum atomic E-state index is -1.01. The number of carboxylic acid groups (broad SMARTS) is 1. The summed E-state index contributed by atoms with van der Waals surface area (Å²) in [5.41, 5.74) is 0. The lowest BCUT2D eigenvalue weighted by atomic mass is 9.79. The van der Waals surface area contributed by atoms with Crippen molar-refractivity contribution in [1.29, 1.82) is 0 Å². The molecule has 6 heteroatoms. The molecule has 0 spiro atoms. The van der Waals surface area contributed by atoms with Gasteiger partial charge in [0.2, 0.25) is 11.8 Å². The van der Waals surface area contributed by atoms with E-state index in [1.807, 2.05) is 0 Å². The molecule has 138 valence electrons. The second-order valence-corrected chi connectivity index (χ2v) is 6.89. The van der Waals surface area contributed by atoms with Crippen molar-refractivity contribution in [2.75, 3.05) is 13.1 Å². The minimum Gasteiger partial charge on any atom is -0.480 e. The third-order valence-corrected chi connectivity index (χ3v) is 5.00. The fourth-order valence-corrected chi connectivity index (χ4v) is 3.41. The Morgan fingerprint density at radius 2 is 1.83 bits per heavy atom. The number of nitrogens with zero attached hydrogens (tertiary/aromatic N) is 1. The van der Waals surface area contributed by atoms with E-state index in [9.17, 15) is 19.5 Å². The van der Waals surface area contributed by atoms with Crippen LogP contribution < -0.4 is 5.32 Å². The van der Waals surface area contributed by atoms with Crippen LogP contribution in [0, 0.1) is 11.8 Å². The topological polar surface area (TPSA) is 86.7 Å². The largest absolute Gasteiger partial charge is 0.480 e. The highest BCUT2D eigenvalue weighted by Crippen LogP contribution is 2.33. The molecule has 1 aliphatic carbocycles. The number of amides is 2. The maximum absolute atomic E-state index is 12.8. The number of carbonyl (C=O) groups is 3. The lowest BCUT2D eigenvalue weighted by Gasteiger charge is -2.34. The SMILES string of the molecule is CCCCC1CCC(C(=O)N(CCNC(C)=O)C(C)C(=O)O)CC1. The smallest absolute Gasteiger partial charge is 0.326 e. The first-order chi connectivity index (χ1) is 11.4. The van der Waals surface area contributed by atoms with Gasteiger partial charge in [0.15, 0.2) is 0 Å². The Balaban J connectivity index is 2.60. The fraction of sp³-hybridized carbons (Fsp3) is 0.833. The summed E-state index contributed by atoms with van der Waals surface area (Å²) in [5, 5.41) is 11.9. The average Bonchev–Trinajstić information content (AvgIpc) is 2.56. The van der Waals surface area contributed by atoms with E-state index in [-0.39, 0.29) is 30.8 Å². The van der Waals surface area contributed by atoms with Crippen molar-refractivity contribution in [3.05, 3.63) is 0 Å². The Labute approximate surface area is 145 Å². The van der Waals surface area contributed by atoms with Crippen LogP contribution in [0.3, 0.4) is 0 Å². The molecular weight excluding hydrogens is 308 g/mol. The van der Waals surface area contributed by atoms with Crippen LogP contribution >= 0.6 is 0 Å². The molecule has 1 atom stereocenters. The Morgan fingerprint density at radius 1 is 1.21 bits per heavy atom. The van der Waals surface area contributed by atoms with Crippen LogP contribution in [0.4, 0.5) is 0 Å². The first-order valence-electron chi connectivity index (χ1n) is 9.14. The van der Waals surface area contributed by atoms with Crippen molar-refractivity contribution >= 4 is 17.8 Å². The van der Waals surface area contributed by atoms with Gasteiger partial charge >= 0.3 is 5.97 Å². The average molecular weight is 340 g/mol. The highest BCUT2D eigenvalue weighted by Gasteiger charge is 2.33. The molecule has 24 heavy (non-hydrogen) atoms. The highest BCUT2D eigenvalue weighted by molar-refractivity contribution is 5.85. The standard InChI is InChI=1S/C18H32N2O4/c1-4-5-6-15-7-9-16(10-8-15)17(22)20(13(2)18(23)24)12-11-19-14(3)21/h13,15-16H,4-12H2,1-3H3,(H,19,21)(H,23,24). The Bertz CT molecular complexity index is 431. The number of carboxylic acids is 1. The van der Waals surface area contributed by atoms with E-state index in [2.05, 4.69) is 12.2 Å². The van der Waals surface area contributed by atoms with Gasteiger partial charge in [-0.3, -0.25) is 9.59 Å². The maximum atomic E-state index is 12.8. The summed E-state index contributed by atoms with van der Waals surface area (Å²) in [4.78, 5) is 36.5. The van der Waals surface area contributed by atoms with Gasteiger partial charge in [-0.2, -0.15) is 0 Å². The molecule has 0 heterocycles. The molecule has 1 unspecified atom stereocenters. The van der Waals surface area contributed by atoms with Crippen LogP contribution in [-0.2, 0) is 14.4 Å². The van der Waals surface area contributed by atoms with Crippen molar-refractivity contribution in [2.45, 2.75) is 71.8 Å². The summed E-state index contributed by atoms with van der Waals surface area (Å²) in [5.74, 6) is -0.644. The van der Waals surface area contributed by atoms with Gasteiger partial charge < -0.3 is 15.3 Å². The van der Waals surface area contributed by atoms with Crippen LogP contribution in [0.2, 0.25) is 0 Å². The number of nitrogens with one attached hydrogen (secondary N) is 1. The third kappa shape index (κ3) is 6.49. The van der Waals surface area contributed by atoms with Crippen LogP contribution in [0.5, 0.6) is 0 Å². The minimum absolute atomic E-state index is 0.0795. The number of rotatable bonds is 9. The molecule has 0 aromatic carbocycles. The zero-order valence-corrected chi connectivity index (χ0v) is 15.2. The summed E-state index contributed by atoms with van der Waals surface area (Å²) >= 11 is 0. The molecule has 1 fully saturated rings. The summed E-state index contributed by atoms with van der Waals surface area (Å²) in [6.45, 7) is 5.65. The van der Waals surface area contributed by atoms with Gasteiger partial charge in [0, 0.05) is 25.9 Å². The van der Waals surface area contributed by atoms with Crippen molar-refractivity contribution in [1.82, 2.24) is 10.2 Å². The predicted molar refractivity (Wildman–Crippen MR) is 92.5 cm³/mol. The van der Waals surface area contributed by atoms with Gasteiger partial charge in [-0.15, -0.1) is 0 Å². The molecule has 2 amide bonds. The van der Waals surface area contributed by atoms with Gasteiger partial charge in [-0.1, -0.05) is 26.2 Å². The summed E-state index contributed by atoms with van der Waals surface area (Å²) in [6, 6.07) is -0.871. The van der Waals surface area contributed by atoms with Crippen molar-refractivity contribution in [3.63, 3.8) is 0 Å². The van der Waals surface area contributed by atoms with E-state index in [1.54, 1.807) is 0 Å². The van der Waals surface area contributed by atoms with E-state index in [0.717, 1.165) is 25.7 Å². The molecule has 1 rings (SSSR count). The van der Waals surface area contributed by atoms with Crippen LogP contribution in [-0.4, -0.2) is 46.9 Å². The third-order valence-electron chi connectivity index (χ3n) is 5.00. The second kappa shape index (κ2) is 10.3. The van der Waals surface area contributed by atoms with E-state index in [0.29, 0.717) is 5.92 Å². The summed E-state index contributed by atoms with van der Waals surface area (Å²) < 4.78 is 0. The molecule has 2 N–H and O–H groups in total. The fourth-order valence-electron chi connectivity index (χ4n) is 3.41. The van der Waals surface area contributed by atoms with Gasteiger partial charge in [-0.25, -0.2) is 4.79 Å². The van der Waals surface area contributed by atoms with E-state index >= 15 is 0 Å². The lowest BCUT2D eigenvalue weighted by Crippen LogP contribution is -2.49. The van der Waals surface area contributed by atoms with Crippen molar-refractivity contribution < 1.29 is 19.5 Å². The molecular formula is C18H32N2O4. The molecule has 0 radical (unpaired) electrons. The molecule has 0 aromatic heterocycles. The lowest BCUT2D eigenvalue weighted by molar-refractivity contribution is -0.151. The normalized spacial score (nSPS) is 21.8. The van der Waals surface area contributed by atoms with Crippen molar-refractivity contribution in [3.8, 4) is 0 Å². The van der Waals surface area contributed by atoms with Gasteiger partial charge in [-0.05, 0) is 38.5 Å². The van der Waals surface area contributed by atoms with Gasteiger partial charge in [0.05, 0.1) is 0 Å². The van der Waals surface area contributed by atoms with Gasteiger partial charge in [0.25, 0.3) is 0 Å². The first-order valence-corrected chi connectivity index (χ1v) is 9.14. The second-order valence-electron chi connectivity index (χ2n) is 6.89. The monoisotopic (exact) mass is 340 g/mol. The molecule has 0 aromatic rings. The van der Waals surface area contributed by atoms with Crippen LogP contribution in [0.25, 0.3) is 0 Å². The number of unbranched alkanes of at least 4 members (excludes halogenated alkanes) is 1. The molecule has 0 bridgehead atoms. The number of hydrogen-bond acceptors (Lipinski definition) is 3. The Hall–Kier alpha value is -1.59. The Kier molecular flexibility index (Phi) is 8.79. The number of carbonyl (C=O) groups excluding carboxylic acids is 2. The molecule has 0 saturated heterocycles. The maximum Gasteiger partial charge on any atom is 0.326 e. The predicted octanol–water partition coefficient (Wildman–Crippen LogP) is 2.42. The zero-order chi connectivity index (χ0) is 18.1. The summed E-state index contributed by atoms with van der Waals surface area (Å²) in [7, 11) is 0. The van der Waals surface area contributed by atoms with E-state index < -0.39 is 12.0 Å². The molecule has 1 aliphatic rings. The van der Waals surface area contributed by atoms with Crippen LogP contribution in [0.1, 0.15) is 65.7 Å². The number of hydrogen-bond donors (Lipinski definition) is 2. The first kappa shape index (κ1) is 20.5. The number of aliphatic carboxylic acids is 1. The van der Waals surface area contributed by atoms with Crippen LogP contribution in [0.15, 0.2) is 0 Å². The Morgan fingerprint density at radius 3 is 2.33 bits per heavy atom. The quantitative estimate of drug-likeness (QED) is 0.675. The molecule has 1 saturated carbocycles. The molecule has 0 aliphatic heterocycles. The van der Waals surface area contributed by atoms with Gasteiger partial charge in [0.1, 0.15) is 6.04 Å². The van der Waals surface area contributed by atoms with Crippen molar-refractivity contribution in [2.24, 2.45) is 11.8 Å².